The molecule has 0 fully saturated rings. The summed E-state index contributed by atoms with van der Waals surface area (Å²) in [6.45, 7) is 13.0. The number of pyridine rings is 1. The molecule has 0 saturated heterocycles. The van der Waals surface area contributed by atoms with Gasteiger partial charge in [-0.3, -0.25) is 4.99 Å². The molecule has 0 radical (unpaired) electrons. The normalized spacial score (nSPS) is 18.0. The van der Waals surface area contributed by atoms with E-state index in [1.807, 2.05) is 24.4 Å². The molecule has 2 aromatic heterocycles. The third kappa shape index (κ3) is 5.15. The van der Waals surface area contributed by atoms with Gasteiger partial charge < -0.3 is 14.0 Å². The summed E-state index contributed by atoms with van der Waals surface area (Å²) < 4.78 is 15.2. The molecule has 46 heavy (non-hydrogen) atoms. The van der Waals surface area contributed by atoms with Crippen molar-refractivity contribution in [1.82, 2.24) is 9.55 Å². The third-order valence-corrected chi connectivity index (χ3v) is 9.18. The molecule has 0 amide bonds. The number of ether oxygens (including phenoxy) is 2. The Hall–Kier alpha value is -4.21. The number of hydrogen-bond acceptors (Lipinski definition) is 4. The predicted molar refractivity (Wildman–Crippen MR) is 180 cm³/mol. The van der Waals surface area contributed by atoms with Gasteiger partial charge >= 0.3 is 21.1 Å². The number of benzene rings is 4. The van der Waals surface area contributed by atoms with Crippen LogP contribution in [0.2, 0.25) is 0 Å². The zero-order valence-electron chi connectivity index (χ0n) is 26.8. The monoisotopic (exact) mass is 784 g/mol. The Labute approximate surface area is 284 Å². The van der Waals surface area contributed by atoms with Gasteiger partial charge in [0.05, 0.1) is 5.52 Å². The minimum absolute atomic E-state index is 0. The van der Waals surface area contributed by atoms with E-state index in [0.717, 1.165) is 45.3 Å². The Morgan fingerprint density at radius 1 is 0.826 bits per heavy atom. The van der Waals surface area contributed by atoms with Crippen LogP contribution in [0.25, 0.3) is 27.6 Å². The smallest absolute Gasteiger partial charge is 0.514 e. The molecule has 1 aliphatic heterocycles. The Morgan fingerprint density at radius 3 is 2.39 bits per heavy atom. The second-order valence-electron chi connectivity index (χ2n) is 13.4. The third-order valence-electron chi connectivity index (χ3n) is 9.18. The van der Waals surface area contributed by atoms with E-state index in [4.69, 9.17) is 19.5 Å². The molecule has 232 valence electrons. The van der Waals surface area contributed by atoms with Crippen LogP contribution in [0, 0.1) is 39.8 Å². The summed E-state index contributed by atoms with van der Waals surface area (Å²) in [6.07, 6.45) is 2.75. The first-order valence-electron chi connectivity index (χ1n) is 15.6. The molecule has 4 aromatic carbocycles. The van der Waals surface area contributed by atoms with E-state index in [9.17, 15) is 0 Å². The molecular formula is C40H35N3O2Pt. The van der Waals surface area contributed by atoms with E-state index >= 15 is 0 Å². The SMILES string of the molecule is Cc1cc(Oc2[c-]c(-n3c4ccc(C)cc4c4cccnc43)cc(C)c2)[c-]c(C2=N[C@@H]3c4ccc(C)cc4C(C)(C)C[C@@H]3O2)c1.[Pt+2]. The molecule has 1 aliphatic carbocycles. The van der Waals surface area contributed by atoms with Crippen LogP contribution in [-0.4, -0.2) is 21.6 Å². The maximum atomic E-state index is 6.56. The second kappa shape index (κ2) is 11.2. The molecule has 0 unspecified atom stereocenters. The first kappa shape index (κ1) is 30.4. The van der Waals surface area contributed by atoms with Crippen molar-refractivity contribution in [3.05, 3.63) is 130 Å². The number of aromatic nitrogens is 2. The van der Waals surface area contributed by atoms with Crippen molar-refractivity contribution in [3.63, 3.8) is 0 Å². The summed E-state index contributed by atoms with van der Waals surface area (Å²) in [5, 5.41) is 2.29. The molecule has 2 atom stereocenters. The molecule has 5 nitrogen and oxygen atoms in total. The summed E-state index contributed by atoms with van der Waals surface area (Å²) in [6, 6.07) is 32.5. The first-order chi connectivity index (χ1) is 21.6. The van der Waals surface area contributed by atoms with Gasteiger partial charge in [-0.2, -0.15) is 5.56 Å². The molecule has 0 N–H and O–H groups in total. The van der Waals surface area contributed by atoms with Gasteiger partial charge in [0, 0.05) is 28.5 Å². The average molecular weight is 785 g/mol. The van der Waals surface area contributed by atoms with E-state index in [2.05, 4.69) is 113 Å². The maximum Gasteiger partial charge on any atom is 2.00 e. The standard InChI is InChI=1S/C40H35N3O2.Pt/c1-23-10-12-35-33(18-23)31-8-7-13-41-38(31)43(35)28-15-26(4)17-30(21-28)44-29-16-25(3)14-27(20-29)39-42-37-32-11-9-24(2)19-34(32)40(5,6)22-36(37)45-39;/h7-19,36-37H,22H2,1-6H3;/q-2;+2/t36-,37+;/m0./s1. The van der Waals surface area contributed by atoms with Gasteiger partial charge in [0.1, 0.15) is 23.7 Å². The largest absolute Gasteiger partial charge is 2.00 e. The summed E-state index contributed by atoms with van der Waals surface area (Å²) in [7, 11) is 0. The summed E-state index contributed by atoms with van der Waals surface area (Å²) in [5.41, 5.74) is 10.9. The number of aryl methyl sites for hydroxylation is 4. The van der Waals surface area contributed by atoms with Crippen LogP contribution in [-0.2, 0) is 31.2 Å². The van der Waals surface area contributed by atoms with Gasteiger partial charge in [-0.25, -0.2) is 4.98 Å². The molecule has 2 aliphatic rings. The van der Waals surface area contributed by atoms with Crippen molar-refractivity contribution in [2.45, 2.75) is 65.5 Å². The van der Waals surface area contributed by atoms with Crippen molar-refractivity contribution in [2.24, 2.45) is 4.99 Å². The fourth-order valence-electron chi connectivity index (χ4n) is 7.14. The van der Waals surface area contributed by atoms with E-state index in [-0.39, 0.29) is 38.6 Å². The summed E-state index contributed by atoms with van der Waals surface area (Å²) >= 11 is 0. The Bertz CT molecular complexity index is 2200. The fraction of sp³-hybridized carbons (Fsp3) is 0.250. The van der Waals surface area contributed by atoms with E-state index in [1.165, 1.54) is 27.6 Å². The van der Waals surface area contributed by atoms with Gasteiger partial charge in [-0.1, -0.05) is 86.5 Å². The summed E-state index contributed by atoms with van der Waals surface area (Å²) in [5.74, 6) is 1.85. The molecule has 0 saturated carbocycles. The minimum Gasteiger partial charge on any atom is -0.514 e. The molecule has 8 rings (SSSR count). The Balaban J connectivity index is 0.00000338. The van der Waals surface area contributed by atoms with Crippen LogP contribution in [0.4, 0.5) is 0 Å². The second-order valence-corrected chi connectivity index (χ2v) is 13.4. The predicted octanol–water partition coefficient (Wildman–Crippen LogP) is 9.37. The number of hydrogen-bond donors (Lipinski definition) is 0. The zero-order chi connectivity index (χ0) is 31.0. The van der Waals surface area contributed by atoms with Gasteiger partial charge in [0.15, 0.2) is 0 Å². The molecule has 0 bridgehead atoms. The number of fused-ring (bicyclic) bond motifs is 6. The van der Waals surface area contributed by atoms with Crippen molar-refractivity contribution < 1.29 is 30.5 Å². The van der Waals surface area contributed by atoms with Gasteiger partial charge in [0.2, 0.25) is 0 Å². The number of nitrogens with zero attached hydrogens (tertiary/aromatic N) is 3. The topological polar surface area (TPSA) is 48.6 Å². The van der Waals surface area contributed by atoms with E-state index in [0.29, 0.717) is 17.4 Å². The summed E-state index contributed by atoms with van der Waals surface area (Å²) in [4.78, 5) is 9.88. The molecule has 0 spiro atoms. The van der Waals surface area contributed by atoms with Crippen LogP contribution < -0.4 is 4.74 Å². The van der Waals surface area contributed by atoms with Crippen LogP contribution in [0.1, 0.15) is 65.3 Å². The van der Waals surface area contributed by atoms with Crippen LogP contribution >= 0.6 is 0 Å². The van der Waals surface area contributed by atoms with Crippen molar-refractivity contribution in [2.75, 3.05) is 0 Å². The molecule has 6 heteroatoms. The zero-order valence-corrected chi connectivity index (χ0v) is 29.1. The Kier molecular flexibility index (Phi) is 7.44. The quantitative estimate of drug-likeness (QED) is 0.168. The fourth-order valence-corrected chi connectivity index (χ4v) is 7.14. The van der Waals surface area contributed by atoms with Gasteiger partial charge in [0.25, 0.3) is 0 Å². The van der Waals surface area contributed by atoms with Crippen LogP contribution in [0.3, 0.4) is 0 Å². The molecular weight excluding hydrogens is 750 g/mol. The number of aliphatic imine (C=N–C) groups is 1. The van der Waals surface area contributed by atoms with Crippen LogP contribution in [0.15, 0.2) is 84.0 Å². The Morgan fingerprint density at radius 2 is 1.57 bits per heavy atom. The van der Waals surface area contributed by atoms with Crippen molar-refractivity contribution in [1.29, 1.82) is 0 Å². The maximum absolute atomic E-state index is 6.56. The van der Waals surface area contributed by atoms with Crippen molar-refractivity contribution >= 4 is 27.8 Å². The molecule has 6 aromatic rings. The molecule has 3 heterocycles. The van der Waals surface area contributed by atoms with E-state index < -0.39 is 0 Å². The van der Waals surface area contributed by atoms with Gasteiger partial charge in [-0.15, -0.1) is 29.8 Å². The van der Waals surface area contributed by atoms with Crippen molar-refractivity contribution in [3.8, 4) is 17.2 Å². The minimum atomic E-state index is -0.0156. The number of rotatable bonds is 4. The van der Waals surface area contributed by atoms with Crippen LogP contribution in [0.5, 0.6) is 11.5 Å². The van der Waals surface area contributed by atoms with Gasteiger partial charge in [-0.05, 0) is 61.1 Å². The average Bonchev–Trinajstić information content (AvgIpc) is 3.55. The first-order valence-corrected chi connectivity index (χ1v) is 15.6. The van der Waals surface area contributed by atoms with E-state index in [1.54, 1.807) is 0 Å².